The lowest BCUT2D eigenvalue weighted by Gasteiger charge is -2.13. The normalized spacial score (nSPS) is 11.5. The molecule has 1 N–H and O–H groups in total. The molecule has 32 heavy (non-hydrogen) atoms. The molecule has 1 aromatic carbocycles. The maximum atomic E-state index is 13.6. The zero-order valence-corrected chi connectivity index (χ0v) is 17.7. The zero-order chi connectivity index (χ0) is 22.1. The Hall–Kier alpha value is -4.11. The standard InChI is InChI=1S/C23H17N5O3S/c1-15-7-10-25-14-22(15)32(29,30)21-12-19-18(11-20(21)31-16-5-4-8-24-13-16)27-23(28-19)17-6-2-3-9-26-17/h2-14H,1H3,(H,27,28). The molecule has 0 unspecified atom stereocenters. The van der Waals surface area contributed by atoms with E-state index in [1.165, 1.54) is 18.5 Å². The molecule has 0 saturated heterocycles. The van der Waals surface area contributed by atoms with Crippen molar-refractivity contribution in [3.05, 3.63) is 85.1 Å². The predicted octanol–water partition coefficient (Wildman–Crippen LogP) is 4.35. The molecule has 0 bridgehead atoms. The summed E-state index contributed by atoms with van der Waals surface area (Å²) < 4.78 is 33.2. The first-order chi connectivity index (χ1) is 15.5. The second-order valence-corrected chi connectivity index (χ2v) is 8.94. The van der Waals surface area contributed by atoms with Gasteiger partial charge in [0.05, 0.1) is 22.1 Å². The highest BCUT2D eigenvalue weighted by atomic mass is 32.2. The second-order valence-electron chi connectivity index (χ2n) is 7.05. The molecule has 0 aliphatic heterocycles. The van der Waals surface area contributed by atoms with Gasteiger partial charge >= 0.3 is 0 Å². The molecule has 0 aliphatic carbocycles. The van der Waals surface area contributed by atoms with E-state index in [1.807, 2.05) is 18.2 Å². The lowest BCUT2D eigenvalue weighted by molar-refractivity contribution is 0.466. The Morgan fingerprint density at radius 2 is 1.78 bits per heavy atom. The Morgan fingerprint density at radius 3 is 2.53 bits per heavy atom. The van der Waals surface area contributed by atoms with Gasteiger partial charge in [-0.3, -0.25) is 15.0 Å². The highest BCUT2D eigenvalue weighted by Crippen LogP contribution is 2.36. The van der Waals surface area contributed by atoms with Crippen molar-refractivity contribution >= 4 is 20.9 Å². The van der Waals surface area contributed by atoms with E-state index in [0.29, 0.717) is 33.9 Å². The van der Waals surface area contributed by atoms with E-state index >= 15 is 0 Å². The summed E-state index contributed by atoms with van der Waals surface area (Å²) in [7, 11) is -3.94. The van der Waals surface area contributed by atoms with Gasteiger partial charge in [-0.15, -0.1) is 0 Å². The molecule has 158 valence electrons. The fraction of sp³-hybridized carbons (Fsp3) is 0.0435. The summed E-state index contributed by atoms with van der Waals surface area (Å²) in [5.74, 6) is 1.10. The van der Waals surface area contributed by atoms with Gasteiger partial charge in [0.2, 0.25) is 9.84 Å². The Balaban J connectivity index is 1.72. The minimum atomic E-state index is -3.94. The lowest BCUT2D eigenvalue weighted by Crippen LogP contribution is -2.06. The van der Waals surface area contributed by atoms with Crippen LogP contribution in [0.15, 0.2) is 89.3 Å². The van der Waals surface area contributed by atoms with Crippen LogP contribution < -0.4 is 4.74 Å². The second kappa shape index (κ2) is 7.86. The quantitative estimate of drug-likeness (QED) is 0.430. The monoisotopic (exact) mass is 443 g/mol. The van der Waals surface area contributed by atoms with E-state index in [0.717, 1.165) is 0 Å². The van der Waals surface area contributed by atoms with Gasteiger partial charge in [0.1, 0.15) is 22.1 Å². The van der Waals surface area contributed by atoms with Gasteiger partial charge in [0.15, 0.2) is 5.82 Å². The number of sulfone groups is 1. The molecular weight excluding hydrogens is 426 g/mol. The van der Waals surface area contributed by atoms with E-state index in [1.54, 1.807) is 49.8 Å². The lowest BCUT2D eigenvalue weighted by atomic mass is 10.3. The smallest absolute Gasteiger partial charge is 0.212 e. The van der Waals surface area contributed by atoms with Crippen LogP contribution in [0.5, 0.6) is 11.5 Å². The van der Waals surface area contributed by atoms with Crippen LogP contribution in [0.3, 0.4) is 0 Å². The van der Waals surface area contributed by atoms with E-state index in [2.05, 4.69) is 24.9 Å². The first-order valence-electron chi connectivity index (χ1n) is 9.71. The van der Waals surface area contributed by atoms with Crippen molar-refractivity contribution in [2.75, 3.05) is 0 Å². The molecule has 0 atom stereocenters. The third-order valence-electron chi connectivity index (χ3n) is 4.89. The summed E-state index contributed by atoms with van der Waals surface area (Å²) in [4.78, 5) is 20.2. The number of hydrogen-bond acceptors (Lipinski definition) is 7. The summed E-state index contributed by atoms with van der Waals surface area (Å²) in [6.07, 6.45) is 7.69. The molecule has 0 spiro atoms. The minimum Gasteiger partial charge on any atom is -0.454 e. The van der Waals surface area contributed by atoms with Gasteiger partial charge in [-0.25, -0.2) is 13.4 Å². The maximum Gasteiger partial charge on any atom is 0.212 e. The SMILES string of the molecule is Cc1ccncc1S(=O)(=O)c1cc2nc(-c3ccccn3)[nH]c2cc1Oc1cccnc1. The van der Waals surface area contributed by atoms with Crippen LogP contribution in [0.25, 0.3) is 22.6 Å². The molecule has 0 amide bonds. The number of aromatic nitrogens is 5. The Kier molecular flexibility index (Phi) is 4.87. The van der Waals surface area contributed by atoms with E-state index in [-0.39, 0.29) is 15.5 Å². The van der Waals surface area contributed by atoms with Gasteiger partial charge in [0.25, 0.3) is 0 Å². The van der Waals surface area contributed by atoms with Crippen LogP contribution in [0.4, 0.5) is 0 Å². The fourth-order valence-corrected chi connectivity index (χ4v) is 4.88. The topological polar surface area (TPSA) is 111 Å². The number of pyridine rings is 3. The number of fused-ring (bicyclic) bond motifs is 1. The van der Waals surface area contributed by atoms with E-state index in [9.17, 15) is 8.42 Å². The molecular formula is C23H17N5O3S. The molecule has 4 aromatic heterocycles. The molecule has 5 aromatic rings. The number of imidazole rings is 1. The third-order valence-corrected chi connectivity index (χ3v) is 6.79. The van der Waals surface area contributed by atoms with Crippen LogP contribution in [-0.2, 0) is 9.84 Å². The first kappa shape index (κ1) is 19.8. The van der Waals surface area contributed by atoms with E-state index in [4.69, 9.17) is 4.74 Å². The van der Waals surface area contributed by atoms with Crippen molar-refractivity contribution in [2.24, 2.45) is 0 Å². The number of aromatic amines is 1. The third kappa shape index (κ3) is 3.58. The number of hydrogen-bond donors (Lipinski definition) is 1. The average molecular weight is 443 g/mol. The zero-order valence-electron chi connectivity index (χ0n) is 16.9. The molecule has 0 radical (unpaired) electrons. The summed E-state index contributed by atoms with van der Waals surface area (Å²) >= 11 is 0. The Bertz CT molecular complexity index is 1520. The number of aryl methyl sites for hydroxylation is 1. The van der Waals surface area contributed by atoms with Crippen molar-refractivity contribution in [2.45, 2.75) is 16.7 Å². The van der Waals surface area contributed by atoms with Gasteiger partial charge in [-0.05, 0) is 48.9 Å². The molecule has 5 rings (SSSR count). The van der Waals surface area contributed by atoms with Crippen LogP contribution in [0.1, 0.15) is 5.56 Å². The van der Waals surface area contributed by atoms with Crippen LogP contribution in [0, 0.1) is 6.92 Å². The number of nitrogens with one attached hydrogen (secondary N) is 1. The Morgan fingerprint density at radius 1 is 0.906 bits per heavy atom. The van der Waals surface area contributed by atoms with Crippen LogP contribution in [-0.4, -0.2) is 33.3 Å². The van der Waals surface area contributed by atoms with Gasteiger partial charge in [0, 0.05) is 30.9 Å². The number of ether oxygens (including phenoxy) is 1. The van der Waals surface area contributed by atoms with Crippen LogP contribution in [0.2, 0.25) is 0 Å². The molecule has 0 aliphatic rings. The maximum absolute atomic E-state index is 13.6. The molecule has 9 heteroatoms. The summed E-state index contributed by atoms with van der Waals surface area (Å²) in [5, 5.41) is 0. The van der Waals surface area contributed by atoms with E-state index < -0.39 is 9.84 Å². The summed E-state index contributed by atoms with van der Waals surface area (Å²) in [6, 6.07) is 13.7. The molecule has 8 nitrogen and oxygen atoms in total. The minimum absolute atomic E-state index is 0.0102. The average Bonchev–Trinajstić information content (AvgIpc) is 3.23. The highest BCUT2D eigenvalue weighted by Gasteiger charge is 2.26. The highest BCUT2D eigenvalue weighted by molar-refractivity contribution is 7.91. The number of rotatable bonds is 5. The molecule has 0 saturated carbocycles. The number of nitrogens with zero attached hydrogens (tertiary/aromatic N) is 4. The molecule has 0 fully saturated rings. The van der Waals surface area contributed by atoms with Crippen molar-refractivity contribution in [3.63, 3.8) is 0 Å². The first-order valence-corrected chi connectivity index (χ1v) is 11.2. The van der Waals surface area contributed by atoms with Crippen molar-refractivity contribution in [1.29, 1.82) is 0 Å². The Labute approximate surface area is 183 Å². The van der Waals surface area contributed by atoms with Gasteiger partial charge in [-0.1, -0.05) is 6.07 Å². The summed E-state index contributed by atoms with van der Waals surface area (Å²) in [6.45, 7) is 1.72. The summed E-state index contributed by atoms with van der Waals surface area (Å²) in [5.41, 5.74) is 2.32. The largest absolute Gasteiger partial charge is 0.454 e. The number of H-pyrrole nitrogens is 1. The van der Waals surface area contributed by atoms with Gasteiger partial charge in [-0.2, -0.15) is 0 Å². The van der Waals surface area contributed by atoms with Crippen LogP contribution >= 0.6 is 0 Å². The van der Waals surface area contributed by atoms with Crippen molar-refractivity contribution in [1.82, 2.24) is 24.9 Å². The van der Waals surface area contributed by atoms with Gasteiger partial charge < -0.3 is 9.72 Å². The van der Waals surface area contributed by atoms with Crippen molar-refractivity contribution in [3.8, 4) is 23.0 Å². The number of benzene rings is 1. The van der Waals surface area contributed by atoms with Crippen molar-refractivity contribution < 1.29 is 13.2 Å². The molecule has 4 heterocycles. The predicted molar refractivity (Wildman–Crippen MR) is 118 cm³/mol. The fourth-order valence-electron chi connectivity index (χ4n) is 3.32.